The lowest BCUT2D eigenvalue weighted by molar-refractivity contribution is -0.908. The average molecular weight is 450 g/mol. The van der Waals surface area contributed by atoms with Gasteiger partial charge in [-0.25, -0.2) is 4.98 Å². The summed E-state index contributed by atoms with van der Waals surface area (Å²) in [5.41, 5.74) is 1.18. The Hall–Kier alpha value is -1.68. The molecule has 2 aromatic heterocycles. The van der Waals surface area contributed by atoms with E-state index in [1.54, 1.807) is 26.9 Å². The Morgan fingerprint density at radius 3 is 3.00 bits per heavy atom. The molecule has 0 radical (unpaired) electrons. The molecule has 7 nitrogen and oxygen atoms in total. The molecule has 1 aliphatic heterocycles. The first-order valence-corrected chi connectivity index (χ1v) is 12.4. The van der Waals surface area contributed by atoms with E-state index in [0.29, 0.717) is 18.2 Å². The predicted molar refractivity (Wildman–Crippen MR) is 121 cm³/mol. The first-order valence-electron chi connectivity index (χ1n) is 10.6. The maximum absolute atomic E-state index is 13.1. The minimum atomic E-state index is -0.0230. The number of hydrogen-bond donors (Lipinski definition) is 2. The van der Waals surface area contributed by atoms with Crippen molar-refractivity contribution in [1.82, 2.24) is 14.9 Å². The van der Waals surface area contributed by atoms with Crippen LogP contribution in [0.1, 0.15) is 23.3 Å². The number of amides is 1. The van der Waals surface area contributed by atoms with E-state index in [-0.39, 0.29) is 17.2 Å². The number of nitrogens with zero attached hydrogens (tertiary/aromatic N) is 2. The van der Waals surface area contributed by atoms with Crippen LogP contribution in [0.3, 0.4) is 0 Å². The van der Waals surface area contributed by atoms with Crippen molar-refractivity contribution in [2.45, 2.75) is 37.4 Å². The van der Waals surface area contributed by atoms with E-state index in [1.807, 2.05) is 0 Å². The number of morpholine rings is 1. The van der Waals surface area contributed by atoms with E-state index in [9.17, 15) is 9.59 Å². The normalized spacial score (nSPS) is 16.7. The van der Waals surface area contributed by atoms with Gasteiger partial charge in [-0.1, -0.05) is 17.8 Å². The Labute approximate surface area is 184 Å². The van der Waals surface area contributed by atoms with Gasteiger partial charge in [0.2, 0.25) is 5.91 Å². The van der Waals surface area contributed by atoms with E-state index in [1.165, 1.54) is 22.2 Å². The van der Waals surface area contributed by atoms with Gasteiger partial charge in [0.05, 0.1) is 30.9 Å². The zero-order valence-corrected chi connectivity index (χ0v) is 18.8. The SMILES string of the molecule is C=CCn1c(SCC(=O)NCCC[NH+]2CCOCC2)nc2sc3c(c2c1=O)CCC3. The highest BCUT2D eigenvalue weighted by Crippen LogP contribution is 2.35. The molecule has 0 spiro atoms. The number of thiophene rings is 1. The molecule has 4 rings (SSSR count). The van der Waals surface area contributed by atoms with Crippen molar-refractivity contribution in [3.05, 3.63) is 33.4 Å². The molecule has 0 aromatic carbocycles. The molecule has 0 unspecified atom stereocenters. The van der Waals surface area contributed by atoms with Crippen molar-refractivity contribution in [2.24, 2.45) is 0 Å². The molecule has 1 amide bonds. The molecular weight excluding hydrogens is 420 g/mol. The number of rotatable bonds is 9. The number of carbonyl (C=O) groups excluding carboxylic acids is 1. The van der Waals surface area contributed by atoms with E-state index in [2.05, 4.69) is 11.9 Å². The number of carbonyl (C=O) groups is 1. The molecule has 9 heteroatoms. The van der Waals surface area contributed by atoms with Gasteiger partial charge in [0.1, 0.15) is 17.9 Å². The first kappa shape index (κ1) is 21.5. The molecule has 2 N–H and O–H groups in total. The zero-order valence-electron chi connectivity index (χ0n) is 17.2. The molecule has 30 heavy (non-hydrogen) atoms. The van der Waals surface area contributed by atoms with E-state index in [0.717, 1.165) is 68.7 Å². The monoisotopic (exact) mass is 449 g/mol. The largest absolute Gasteiger partial charge is 0.370 e. The third kappa shape index (κ3) is 4.80. The summed E-state index contributed by atoms with van der Waals surface area (Å²) in [6.45, 7) is 9.66. The van der Waals surface area contributed by atoms with Gasteiger partial charge in [-0.3, -0.25) is 14.2 Å². The van der Waals surface area contributed by atoms with Crippen LogP contribution in [0.25, 0.3) is 10.2 Å². The van der Waals surface area contributed by atoms with Gasteiger partial charge in [0, 0.05) is 24.4 Å². The maximum Gasteiger partial charge on any atom is 0.263 e. The topological polar surface area (TPSA) is 77.7 Å². The van der Waals surface area contributed by atoms with Crippen LogP contribution in [-0.2, 0) is 28.9 Å². The summed E-state index contributed by atoms with van der Waals surface area (Å²) in [4.78, 5) is 33.8. The number of fused-ring (bicyclic) bond motifs is 3. The standard InChI is InChI=1S/C21H28N4O3S2/c1-2-8-25-20(27)18-15-5-3-6-16(15)30-19(18)23-21(25)29-14-17(26)22-7-4-9-24-10-12-28-13-11-24/h2H,1,3-14H2,(H,22,26)/p+1. The zero-order chi connectivity index (χ0) is 20.9. The lowest BCUT2D eigenvalue weighted by atomic mass is 10.2. The number of quaternary nitrogens is 1. The second kappa shape index (κ2) is 10.1. The summed E-state index contributed by atoms with van der Waals surface area (Å²) in [6, 6.07) is 0. The summed E-state index contributed by atoms with van der Waals surface area (Å²) in [5.74, 6) is 0.232. The van der Waals surface area contributed by atoms with Crippen LogP contribution >= 0.6 is 23.1 Å². The number of allylic oxidation sites excluding steroid dienone is 1. The van der Waals surface area contributed by atoms with Gasteiger partial charge < -0.3 is 15.0 Å². The molecule has 1 aliphatic carbocycles. The molecule has 162 valence electrons. The summed E-state index contributed by atoms with van der Waals surface area (Å²) >= 11 is 2.96. The van der Waals surface area contributed by atoms with Crippen LogP contribution in [0, 0.1) is 0 Å². The van der Waals surface area contributed by atoms with Crippen LogP contribution in [0.15, 0.2) is 22.6 Å². The number of aryl methyl sites for hydroxylation is 2. The molecule has 0 saturated carbocycles. The Kier molecular flexibility index (Phi) is 7.24. The van der Waals surface area contributed by atoms with Gasteiger partial charge in [-0.2, -0.15) is 0 Å². The van der Waals surface area contributed by atoms with Crippen molar-refractivity contribution in [1.29, 1.82) is 0 Å². The number of hydrogen-bond acceptors (Lipinski definition) is 6. The van der Waals surface area contributed by atoms with Gasteiger partial charge >= 0.3 is 0 Å². The van der Waals surface area contributed by atoms with Gasteiger partial charge in [-0.15, -0.1) is 17.9 Å². The smallest absolute Gasteiger partial charge is 0.263 e. The van der Waals surface area contributed by atoms with Crippen molar-refractivity contribution in [3.8, 4) is 0 Å². The second-order valence-electron chi connectivity index (χ2n) is 7.74. The van der Waals surface area contributed by atoms with Crippen LogP contribution in [0.5, 0.6) is 0 Å². The molecule has 0 atom stereocenters. The van der Waals surface area contributed by atoms with E-state index >= 15 is 0 Å². The van der Waals surface area contributed by atoms with Crippen molar-refractivity contribution in [2.75, 3.05) is 45.1 Å². The van der Waals surface area contributed by atoms with Crippen molar-refractivity contribution >= 4 is 39.2 Å². The molecule has 1 fully saturated rings. The molecular formula is C21H29N4O3S2+. The number of aromatic nitrogens is 2. The highest BCUT2D eigenvalue weighted by molar-refractivity contribution is 7.99. The minimum Gasteiger partial charge on any atom is -0.370 e. The highest BCUT2D eigenvalue weighted by atomic mass is 32.2. The number of nitrogens with one attached hydrogen (secondary N) is 2. The lowest BCUT2D eigenvalue weighted by Crippen LogP contribution is -3.14. The number of thioether (sulfide) groups is 1. The summed E-state index contributed by atoms with van der Waals surface area (Å²) in [5, 5.41) is 4.36. The van der Waals surface area contributed by atoms with Gasteiger partial charge in [0.15, 0.2) is 5.16 Å². The fourth-order valence-electron chi connectivity index (χ4n) is 4.12. The summed E-state index contributed by atoms with van der Waals surface area (Å²) in [7, 11) is 0. The average Bonchev–Trinajstić information content (AvgIpc) is 3.34. The first-order chi connectivity index (χ1) is 14.7. The van der Waals surface area contributed by atoms with E-state index in [4.69, 9.17) is 9.72 Å². The third-order valence-corrected chi connectivity index (χ3v) is 7.83. The lowest BCUT2D eigenvalue weighted by Gasteiger charge is -2.23. The Balaban J connectivity index is 1.36. The van der Waals surface area contributed by atoms with Crippen LogP contribution in [0.2, 0.25) is 0 Å². The molecule has 2 aliphatic rings. The van der Waals surface area contributed by atoms with Crippen molar-refractivity contribution in [3.63, 3.8) is 0 Å². The van der Waals surface area contributed by atoms with E-state index < -0.39 is 0 Å². The molecule has 3 heterocycles. The fraction of sp³-hybridized carbons (Fsp3) is 0.571. The fourth-order valence-corrected chi connectivity index (χ4v) is 6.26. The Morgan fingerprint density at radius 1 is 1.37 bits per heavy atom. The number of ether oxygens (including phenoxy) is 1. The second-order valence-corrected chi connectivity index (χ2v) is 9.77. The Bertz CT molecular complexity index is 979. The van der Waals surface area contributed by atoms with Gasteiger partial charge in [-0.05, 0) is 24.8 Å². The van der Waals surface area contributed by atoms with Crippen LogP contribution in [-0.4, -0.2) is 60.6 Å². The van der Waals surface area contributed by atoms with Crippen molar-refractivity contribution < 1.29 is 14.4 Å². The van der Waals surface area contributed by atoms with Crippen LogP contribution < -0.4 is 15.8 Å². The molecule has 1 saturated heterocycles. The molecule has 2 aromatic rings. The summed E-state index contributed by atoms with van der Waals surface area (Å²) < 4.78 is 7.02. The minimum absolute atomic E-state index is 0.00399. The highest BCUT2D eigenvalue weighted by Gasteiger charge is 2.23. The summed E-state index contributed by atoms with van der Waals surface area (Å²) in [6.07, 6.45) is 5.77. The molecule has 0 bridgehead atoms. The van der Waals surface area contributed by atoms with Gasteiger partial charge in [0.25, 0.3) is 5.56 Å². The van der Waals surface area contributed by atoms with Crippen LogP contribution in [0.4, 0.5) is 0 Å². The maximum atomic E-state index is 13.1. The Morgan fingerprint density at radius 2 is 2.20 bits per heavy atom. The predicted octanol–water partition coefficient (Wildman–Crippen LogP) is 0.646. The quantitative estimate of drug-likeness (QED) is 0.254. The third-order valence-electron chi connectivity index (χ3n) is 5.66.